The second kappa shape index (κ2) is 8.16. The van der Waals surface area contributed by atoms with Crippen molar-refractivity contribution in [3.05, 3.63) is 91.8 Å². The van der Waals surface area contributed by atoms with Gasteiger partial charge in [0.2, 0.25) is 0 Å². The second-order valence-electron chi connectivity index (χ2n) is 6.57. The van der Waals surface area contributed by atoms with E-state index in [1.54, 1.807) is 25.4 Å². The number of halogens is 4. The van der Waals surface area contributed by atoms with Crippen LogP contribution in [0.3, 0.4) is 0 Å². The molecule has 4 aromatic rings. The lowest BCUT2D eigenvalue weighted by atomic mass is 10.1. The van der Waals surface area contributed by atoms with Crippen molar-refractivity contribution < 1.29 is 13.5 Å². The van der Waals surface area contributed by atoms with Crippen LogP contribution in [0.15, 0.2) is 64.0 Å². The second-order valence-corrected chi connectivity index (χ2v) is 7.83. The maximum Gasteiger partial charge on any atom is 0.261 e. The summed E-state index contributed by atoms with van der Waals surface area (Å²) in [5.74, 6) is -0.810. The van der Waals surface area contributed by atoms with E-state index in [0.717, 1.165) is 17.7 Å². The number of fused-ring (bicyclic) bond motifs is 1. The average Bonchev–Trinajstić information content (AvgIpc) is 2.72. The fourth-order valence-electron chi connectivity index (χ4n) is 3.21. The molecule has 0 N–H and O–H groups in total. The Morgan fingerprint density at radius 1 is 1.13 bits per heavy atom. The lowest BCUT2D eigenvalue weighted by molar-refractivity contribution is 0.414. The van der Waals surface area contributed by atoms with Gasteiger partial charge in [-0.25, -0.2) is 13.8 Å². The summed E-state index contributed by atoms with van der Waals surface area (Å²) < 4.78 is 35.5. The molecule has 0 spiro atoms. The van der Waals surface area contributed by atoms with E-state index in [1.807, 2.05) is 12.1 Å². The van der Waals surface area contributed by atoms with Gasteiger partial charge in [-0.15, -0.1) is 0 Å². The summed E-state index contributed by atoms with van der Waals surface area (Å²) in [6.45, 7) is 0.303. The molecule has 0 unspecified atom stereocenters. The molecule has 2 heterocycles. The Morgan fingerprint density at radius 3 is 2.43 bits per heavy atom. The van der Waals surface area contributed by atoms with Crippen LogP contribution in [-0.4, -0.2) is 16.7 Å². The van der Waals surface area contributed by atoms with Crippen molar-refractivity contribution in [3.63, 3.8) is 0 Å². The average molecular weight is 492 g/mol. The molecule has 8 heteroatoms. The lowest BCUT2D eigenvalue weighted by Crippen LogP contribution is -2.21. The van der Waals surface area contributed by atoms with Gasteiger partial charge in [0, 0.05) is 6.20 Å². The van der Waals surface area contributed by atoms with Gasteiger partial charge in [-0.2, -0.15) is 0 Å². The van der Waals surface area contributed by atoms with Gasteiger partial charge in [-0.3, -0.25) is 4.79 Å². The first-order valence-electron chi connectivity index (χ1n) is 8.85. The summed E-state index contributed by atoms with van der Waals surface area (Å²) in [6.07, 6.45) is 1.58. The molecule has 0 bridgehead atoms. The topological polar surface area (TPSA) is 44.1 Å². The van der Waals surface area contributed by atoms with Crippen LogP contribution in [0.4, 0.5) is 8.78 Å². The fourth-order valence-corrected chi connectivity index (χ4v) is 4.01. The number of methoxy groups -OCH3 is 1. The first kappa shape index (κ1) is 20.5. The number of hydrogen-bond acceptors (Lipinski definition) is 3. The summed E-state index contributed by atoms with van der Waals surface area (Å²) in [5, 5.41) is 0.229. The highest BCUT2D eigenvalue weighted by molar-refractivity contribution is 9.10. The van der Waals surface area contributed by atoms with Gasteiger partial charge in [0.25, 0.3) is 5.56 Å². The van der Waals surface area contributed by atoms with Gasteiger partial charge in [-0.05, 0) is 51.8 Å². The molecule has 0 aliphatic rings. The number of nitrogens with zero attached hydrogens (tertiary/aromatic N) is 2. The van der Waals surface area contributed by atoms with E-state index in [1.165, 1.54) is 16.7 Å². The monoisotopic (exact) mass is 490 g/mol. The quantitative estimate of drug-likeness (QED) is 0.362. The van der Waals surface area contributed by atoms with Gasteiger partial charge in [-0.1, -0.05) is 29.8 Å². The third-order valence-electron chi connectivity index (χ3n) is 4.67. The minimum atomic E-state index is -0.762. The highest BCUT2D eigenvalue weighted by Gasteiger charge is 2.18. The molecule has 0 saturated carbocycles. The van der Waals surface area contributed by atoms with Crippen LogP contribution in [-0.2, 0) is 6.54 Å². The molecule has 2 aromatic carbocycles. The Kier molecular flexibility index (Phi) is 5.58. The number of ether oxygens (including phenoxy) is 1. The zero-order valence-corrected chi connectivity index (χ0v) is 18.0. The highest BCUT2D eigenvalue weighted by atomic mass is 79.9. The van der Waals surface area contributed by atoms with Crippen LogP contribution < -0.4 is 10.3 Å². The standard InChI is InChI=1S/C22H14BrClF2N2O2/c1-30-13-7-5-12(6-8-13)10-28-11-14(23)21-19(22(28)29)15(24)9-18(27-21)20-16(25)3-2-4-17(20)26/h2-9,11H,10H2,1H3. The van der Waals surface area contributed by atoms with E-state index < -0.39 is 11.6 Å². The van der Waals surface area contributed by atoms with E-state index in [2.05, 4.69) is 20.9 Å². The van der Waals surface area contributed by atoms with Gasteiger partial charge in [0.1, 0.15) is 17.4 Å². The largest absolute Gasteiger partial charge is 0.497 e. The summed E-state index contributed by atoms with van der Waals surface area (Å²) >= 11 is 9.78. The van der Waals surface area contributed by atoms with Crippen LogP contribution in [0.5, 0.6) is 5.75 Å². The van der Waals surface area contributed by atoms with Crippen LogP contribution in [0.1, 0.15) is 5.56 Å². The van der Waals surface area contributed by atoms with E-state index >= 15 is 0 Å². The van der Waals surface area contributed by atoms with Crippen molar-refractivity contribution in [2.24, 2.45) is 0 Å². The fraction of sp³-hybridized carbons (Fsp3) is 0.0909. The van der Waals surface area contributed by atoms with E-state index in [9.17, 15) is 13.6 Å². The maximum atomic E-state index is 14.2. The third-order valence-corrected chi connectivity index (χ3v) is 5.55. The summed E-state index contributed by atoms with van der Waals surface area (Å²) in [6, 6.07) is 12.2. The van der Waals surface area contributed by atoms with Gasteiger partial charge >= 0.3 is 0 Å². The van der Waals surface area contributed by atoms with Gasteiger partial charge in [0.05, 0.1) is 45.3 Å². The molecule has 152 valence electrons. The van der Waals surface area contributed by atoms with Crippen LogP contribution in [0, 0.1) is 11.6 Å². The predicted octanol–water partition coefficient (Wildman–Crippen LogP) is 5.81. The number of benzene rings is 2. The number of pyridine rings is 2. The Bertz CT molecular complexity index is 1300. The molecule has 0 fully saturated rings. The van der Waals surface area contributed by atoms with Crippen molar-refractivity contribution in [2.75, 3.05) is 7.11 Å². The number of rotatable bonds is 4. The van der Waals surface area contributed by atoms with Gasteiger partial charge in [0.15, 0.2) is 0 Å². The van der Waals surface area contributed by atoms with Crippen molar-refractivity contribution >= 4 is 38.4 Å². The molecule has 0 saturated heterocycles. The van der Waals surface area contributed by atoms with Crippen molar-refractivity contribution in [1.29, 1.82) is 0 Å². The molecule has 4 nitrogen and oxygen atoms in total. The zero-order chi connectivity index (χ0) is 21.4. The third kappa shape index (κ3) is 3.70. The van der Waals surface area contributed by atoms with Crippen LogP contribution in [0.2, 0.25) is 5.02 Å². The smallest absolute Gasteiger partial charge is 0.261 e. The SMILES string of the molecule is COc1ccc(Cn2cc(Br)c3nc(-c4c(F)cccc4F)cc(Cl)c3c2=O)cc1. The first-order valence-corrected chi connectivity index (χ1v) is 10.0. The zero-order valence-electron chi connectivity index (χ0n) is 15.6. The Balaban J connectivity index is 1.85. The van der Waals surface area contributed by atoms with Crippen molar-refractivity contribution in [3.8, 4) is 17.0 Å². The minimum Gasteiger partial charge on any atom is -0.497 e. The Labute approximate surface area is 183 Å². The molecule has 0 radical (unpaired) electrons. The van der Waals surface area contributed by atoms with E-state index in [0.29, 0.717) is 16.8 Å². The number of aromatic nitrogens is 2. The predicted molar refractivity (Wildman–Crippen MR) is 116 cm³/mol. The van der Waals surface area contributed by atoms with E-state index in [4.69, 9.17) is 16.3 Å². The molecular formula is C22H14BrClF2N2O2. The first-order chi connectivity index (χ1) is 14.4. The Morgan fingerprint density at radius 2 is 1.80 bits per heavy atom. The molecule has 4 rings (SSSR count). The lowest BCUT2D eigenvalue weighted by Gasteiger charge is -2.12. The molecule has 0 aliphatic carbocycles. The molecular weight excluding hydrogens is 478 g/mol. The summed E-state index contributed by atoms with van der Waals surface area (Å²) in [7, 11) is 1.58. The van der Waals surface area contributed by atoms with Gasteiger partial charge < -0.3 is 9.30 Å². The minimum absolute atomic E-state index is 0.0103. The molecule has 30 heavy (non-hydrogen) atoms. The van der Waals surface area contributed by atoms with Crippen LogP contribution in [0.25, 0.3) is 22.2 Å². The highest BCUT2D eigenvalue weighted by Crippen LogP contribution is 2.32. The Hall–Kier alpha value is -2.77. The van der Waals surface area contributed by atoms with Crippen molar-refractivity contribution in [1.82, 2.24) is 9.55 Å². The summed E-state index contributed by atoms with van der Waals surface area (Å²) in [5.41, 5.74) is 0.475. The molecule has 0 atom stereocenters. The van der Waals surface area contributed by atoms with E-state index in [-0.39, 0.29) is 32.7 Å². The number of hydrogen-bond donors (Lipinski definition) is 0. The normalized spacial score (nSPS) is 11.1. The molecule has 0 amide bonds. The maximum absolute atomic E-state index is 14.2. The van der Waals surface area contributed by atoms with Crippen molar-refractivity contribution in [2.45, 2.75) is 6.54 Å². The molecule has 0 aliphatic heterocycles. The van der Waals surface area contributed by atoms with Crippen LogP contribution >= 0.6 is 27.5 Å². The molecule has 2 aromatic heterocycles. The summed E-state index contributed by atoms with van der Waals surface area (Å²) in [4.78, 5) is 17.4.